The van der Waals surface area contributed by atoms with Gasteiger partial charge in [0.15, 0.2) is 0 Å². The van der Waals surface area contributed by atoms with Crippen molar-refractivity contribution in [3.05, 3.63) is 0 Å². The minimum Gasteiger partial charge on any atom is -0.0776 e. The van der Waals surface area contributed by atoms with Crippen LogP contribution in [0, 0.1) is 75.5 Å². The van der Waals surface area contributed by atoms with Crippen LogP contribution in [-0.2, 0) is 32.7 Å². The second kappa shape index (κ2) is 309. The Kier molecular flexibility index (Phi) is 1850. The first-order chi connectivity index (χ1) is 4.00. The van der Waals surface area contributed by atoms with Gasteiger partial charge in [0.25, 0.3) is 0 Å². The van der Waals surface area contributed by atoms with Crippen LogP contribution in [0.1, 0.15) is 77.7 Å². The molecule has 0 bridgehead atoms. The molecule has 0 fully saturated rings. The maximum atomic E-state index is 2.00. The summed E-state index contributed by atoms with van der Waals surface area (Å²) in [7, 11) is 0. The Bertz CT molecular complexity index is 13.2. The number of hydrogen-bond acceptors (Lipinski definition) is 0. The maximum Gasteiger partial charge on any atom is 0 e. The first kappa shape index (κ1) is 83.8. The van der Waals surface area contributed by atoms with Crippen molar-refractivity contribution in [1.82, 2.24) is 0 Å². The van der Waals surface area contributed by atoms with E-state index in [4.69, 9.17) is 0 Å². The molecule has 0 aliphatic heterocycles. The predicted octanol–water partition coefficient (Wildman–Crippen LogP) is 6.01. The molecule has 14 heavy (non-hydrogen) atoms. The summed E-state index contributed by atoms with van der Waals surface area (Å²) in [5, 5.41) is 0. The van der Waals surface area contributed by atoms with Crippen LogP contribution in [0.4, 0.5) is 0 Å². The Hall–Kier alpha value is 3.62. The Morgan fingerprint density at radius 2 is 0.357 bits per heavy atom. The van der Waals surface area contributed by atoms with Crippen molar-refractivity contribution in [1.29, 1.82) is 0 Å². The molecule has 0 nitrogen and oxygen atoms in total. The summed E-state index contributed by atoms with van der Waals surface area (Å²) in [5.74, 6) is 0. The summed E-state index contributed by atoms with van der Waals surface area (Å²) < 4.78 is 0. The summed E-state index contributed by atoms with van der Waals surface area (Å²) in [5.41, 5.74) is 0. The fourth-order valence-electron chi connectivity index (χ4n) is 0. The average molecular weight is 337 g/mol. The van der Waals surface area contributed by atoms with Gasteiger partial charge in [-0.1, -0.05) is 77.7 Å². The van der Waals surface area contributed by atoms with Gasteiger partial charge in [-0.25, -0.2) is 0 Å². The molecule has 0 saturated carbocycles. The SMILES string of the molecule is C.C.C.CC.CC.CC.CC.[Ar].[Ar].[Y]. The van der Waals surface area contributed by atoms with Gasteiger partial charge >= 0.3 is 0 Å². The second-order valence-electron chi connectivity index (χ2n) is 0. The van der Waals surface area contributed by atoms with Gasteiger partial charge in [-0.3, -0.25) is 0 Å². The van der Waals surface area contributed by atoms with Crippen LogP contribution in [0.5, 0.6) is 0 Å². The normalized spacial score (nSPS) is 1.71. The second-order valence-corrected chi connectivity index (χ2v) is 0. The smallest absolute Gasteiger partial charge is 0 e. The Labute approximate surface area is 182 Å². The van der Waals surface area contributed by atoms with E-state index in [9.17, 15) is 0 Å². The molecule has 0 spiro atoms. The molecule has 0 rings (SSSR count). The third-order valence-electron chi connectivity index (χ3n) is 0. The Morgan fingerprint density at radius 3 is 0.357 bits per heavy atom. The van der Waals surface area contributed by atoms with Crippen LogP contribution in [0.25, 0.3) is 0 Å². The zero-order valence-corrected chi connectivity index (χ0v) is 13.5. The first-order valence-corrected chi connectivity index (χ1v) is 4.00. The number of rotatable bonds is 0. The van der Waals surface area contributed by atoms with Gasteiger partial charge in [0, 0.05) is 108 Å². The summed E-state index contributed by atoms with van der Waals surface area (Å²) in [4.78, 5) is 0. The topological polar surface area (TPSA) is 0 Å². The van der Waals surface area contributed by atoms with Crippen molar-refractivity contribution in [3.63, 3.8) is 0 Å². The minimum atomic E-state index is 0. The molecule has 3 heteroatoms. The molecule has 0 heterocycles. The van der Waals surface area contributed by atoms with Gasteiger partial charge in [0.2, 0.25) is 0 Å². The molecule has 0 atom stereocenters. The third-order valence-corrected chi connectivity index (χ3v) is 0. The zero-order valence-electron chi connectivity index (χ0n) is 9.28. The summed E-state index contributed by atoms with van der Waals surface area (Å²) in [6, 6.07) is 0. The van der Waals surface area contributed by atoms with Gasteiger partial charge in [0.05, 0.1) is 0 Å². The van der Waals surface area contributed by atoms with Crippen LogP contribution >= 0.6 is 0 Å². The maximum absolute atomic E-state index is 2.00. The van der Waals surface area contributed by atoms with E-state index in [0.29, 0.717) is 0 Å². The van der Waals surface area contributed by atoms with Crippen molar-refractivity contribution in [3.8, 4) is 0 Å². The monoisotopic (exact) mass is 337 g/mol. The van der Waals surface area contributed by atoms with Crippen LogP contribution in [0.15, 0.2) is 0 Å². The molecule has 0 unspecified atom stereocenters. The standard InChI is InChI=1S/4C2H6.3CH4.2Ar.Y/c4*1-2;;;;;;/h4*1-2H3;3*1H4;;;. The van der Waals surface area contributed by atoms with E-state index < -0.39 is 0 Å². The first-order valence-electron chi connectivity index (χ1n) is 4.00. The zero-order chi connectivity index (χ0) is 8.00. The molecular weight excluding hydrogens is 301 g/mol. The molecule has 0 aromatic heterocycles. The molecule has 0 aliphatic carbocycles. The van der Waals surface area contributed by atoms with E-state index >= 15 is 0 Å². The van der Waals surface area contributed by atoms with Crippen LogP contribution in [0.3, 0.4) is 0 Å². The third kappa shape index (κ3) is 254. The van der Waals surface area contributed by atoms with Crippen LogP contribution in [0.2, 0.25) is 0 Å². The van der Waals surface area contributed by atoms with Crippen molar-refractivity contribution in [2.75, 3.05) is 0 Å². The van der Waals surface area contributed by atoms with Gasteiger partial charge in [-0.05, 0) is 0 Å². The summed E-state index contributed by atoms with van der Waals surface area (Å²) in [6.07, 6.45) is 0. The molecule has 0 saturated heterocycles. The van der Waals surface area contributed by atoms with Crippen LogP contribution < -0.4 is 0 Å². The molecule has 1 radical (unpaired) electrons. The van der Waals surface area contributed by atoms with Crippen molar-refractivity contribution < 1.29 is 108 Å². The fourth-order valence-corrected chi connectivity index (χ4v) is 0. The van der Waals surface area contributed by atoms with Gasteiger partial charge < -0.3 is 0 Å². The van der Waals surface area contributed by atoms with E-state index in [2.05, 4.69) is 0 Å². The van der Waals surface area contributed by atoms with Gasteiger partial charge in [0.1, 0.15) is 0 Å². The van der Waals surface area contributed by atoms with Gasteiger partial charge in [-0.15, -0.1) is 0 Å². The van der Waals surface area contributed by atoms with Crippen molar-refractivity contribution in [2.45, 2.75) is 77.7 Å². The quantitative estimate of drug-likeness (QED) is 0.508. The van der Waals surface area contributed by atoms with Crippen molar-refractivity contribution >= 4 is 0 Å². The van der Waals surface area contributed by atoms with E-state index in [1.165, 1.54) is 0 Å². The molecule has 0 N–H and O–H groups in total. The molecule has 0 aromatic carbocycles. The summed E-state index contributed by atoms with van der Waals surface area (Å²) >= 11 is 0. The molecule has 0 aromatic rings. The molecule has 0 amide bonds. The van der Waals surface area contributed by atoms with Gasteiger partial charge in [-0.2, -0.15) is 0 Å². The fraction of sp³-hybridized carbons (Fsp3) is 1.00. The predicted molar refractivity (Wildman–Crippen MR) is 65.6 cm³/mol. The molecule has 0 aliphatic rings. The summed E-state index contributed by atoms with van der Waals surface area (Å²) in [6.45, 7) is 16.0. The number of hydrogen-bond donors (Lipinski definition) is 0. The molecular formula is C11H36Ar2Y. The van der Waals surface area contributed by atoms with E-state index in [0.717, 1.165) is 0 Å². The minimum absolute atomic E-state index is 0. The largest absolute Gasteiger partial charge is 0.0776 e. The average Bonchev–Trinajstić information content (AvgIpc) is 2.03. The van der Waals surface area contributed by atoms with E-state index in [1.54, 1.807) is 0 Å². The van der Waals surface area contributed by atoms with Crippen molar-refractivity contribution in [2.24, 2.45) is 0 Å². The Balaban J connectivity index is -0.00000000167. The van der Waals surface area contributed by atoms with E-state index in [-0.39, 0.29) is 130 Å². The van der Waals surface area contributed by atoms with Crippen LogP contribution in [-0.4, -0.2) is 0 Å². The van der Waals surface area contributed by atoms with E-state index in [1.807, 2.05) is 55.4 Å². The Morgan fingerprint density at radius 1 is 0.357 bits per heavy atom. The molecule has 99 valence electrons.